The summed E-state index contributed by atoms with van der Waals surface area (Å²) in [6, 6.07) is 3.61. The van der Waals surface area contributed by atoms with Crippen molar-refractivity contribution in [2.24, 2.45) is 5.92 Å². The maximum Gasteiger partial charge on any atom is 0.306 e. The molecule has 0 amide bonds. The molecule has 1 aromatic heterocycles. The highest BCUT2D eigenvalue weighted by Gasteiger charge is 2.47. The van der Waals surface area contributed by atoms with Gasteiger partial charge in [0.05, 0.1) is 34.3 Å². The molecule has 0 radical (unpaired) electrons. The molecular weight excluding hydrogens is 373 g/mol. The number of benzene rings is 1. The number of hydrogen-bond donors (Lipinski definition) is 2. The van der Waals surface area contributed by atoms with Crippen LogP contribution >= 0.6 is 23.2 Å². The molecule has 4 rings (SSSR count). The second kappa shape index (κ2) is 6.74. The first-order valence-corrected chi connectivity index (χ1v) is 10.1. The number of fused-ring (bicyclic) bond motifs is 3. The molecule has 26 heavy (non-hydrogen) atoms. The van der Waals surface area contributed by atoms with Crippen LogP contribution in [0.2, 0.25) is 10.0 Å². The summed E-state index contributed by atoms with van der Waals surface area (Å²) < 4.78 is 6.32. The van der Waals surface area contributed by atoms with E-state index >= 15 is 0 Å². The third-order valence-electron chi connectivity index (χ3n) is 6.07. The maximum absolute atomic E-state index is 11.6. The summed E-state index contributed by atoms with van der Waals surface area (Å²) in [5.41, 5.74) is 1.96. The van der Waals surface area contributed by atoms with Gasteiger partial charge in [-0.3, -0.25) is 4.79 Å². The number of carboxylic acid groups (broad SMARTS) is 1. The number of H-pyrrole nitrogens is 1. The first-order valence-electron chi connectivity index (χ1n) is 9.32. The number of nitrogens with one attached hydrogen (secondary N) is 1. The first-order chi connectivity index (χ1) is 12.5. The summed E-state index contributed by atoms with van der Waals surface area (Å²) >= 11 is 13.0. The van der Waals surface area contributed by atoms with Crippen molar-refractivity contribution < 1.29 is 14.6 Å². The standard InChI is InChI=1S/C20H23Cl2NO3/c1-2-8-20(9-15(24)25)19-16(12(10-26-20)11-4-3-5-11)17-13(21)6-7-14(22)18(17)23-19/h6-7,11-12,23H,2-5,8-10H2,1H3,(H,24,25). The molecule has 2 aromatic rings. The highest BCUT2D eigenvalue weighted by molar-refractivity contribution is 6.40. The van der Waals surface area contributed by atoms with Crippen LogP contribution in [0.25, 0.3) is 10.9 Å². The average Bonchev–Trinajstić information content (AvgIpc) is 2.95. The van der Waals surface area contributed by atoms with Crippen LogP contribution in [0.4, 0.5) is 0 Å². The molecule has 1 saturated carbocycles. The number of aromatic nitrogens is 1. The van der Waals surface area contributed by atoms with Gasteiger partial charge in [-0.15, -0.1) is 0 Å². The highest BCUT2D eigenvalue weighted by atomic mass is 35.5. The molecule has 1 aliphatic heterocycles. The largest absolute Gasteiger partial charge is 0.481 e. The Morgan fingerprint density at radius 3 is 2.69 bits per heavy atom. The number of aromatic amines is 1. The van der Waals surface area contributed by atoms with Crippen molar-refractivity contribution in [2.45, 2.75) is 57.0 Å². The number of carbonyl (C=O) groups is 1. The third kappa shape index (κ3) is 2.74. The van der Waals surface area contributed by atoms with Crippen LogP contribution in [0.1, 0.15) is 62.6 Å². The van der Waals surface area contributed by atoms with Gasteiger partial charge in [0.2, 0.25) is 0 Å². The molecule has 1 aromatic carbocycles. The minimum Gasteiger partial charge on any atom is -0.481 e. The fourth-order valence-corrected chi connectivity index (χ4v) is 5.14. The van der Waals surface area contributed by atoms with Gasteiger partial charge >= 0.3 is 5.97 Å². The lowest BCUT2D eigenvalue weighted by molar-refractivity contribution is -0.151. The van der Waals surface area contributed by atoms with E-state index in [1.165, 1.54) is 19.3 Å². The van der Waals surface area contributed by atoms with Crippen molar-refractivity contribution in [2.75, 3.05) is 6.61 Å². The van der Waals surface area contributed by atoms with Gasteiger partial charge in [0, 0.05) is 11.3 Å². The van der Waals surface area contributed by atoms with Crippen molar-refractivity contribution in [3.8, 4) is 0 Å². The Kier molecular flexibility index (Phi) is 4.70. The van der Waals surface area contributed by atoms with Gasteiger partial charge in [0.1, 0.15) is 5.60 Å². The van der Waals surface area contributed by atoms with E-state index in [2.05, 4.69) is 4.98 Å². The fourth-order valence-electron chi connectivity index (χ4n) is 4.68. The van der Waals surface area contributed by atoms with E-state index in [4.69, 9.17) is 27.9 Å². The molecule has 6 heteroatoms. The second-order valence-corrected chi connectivity index (χ2v) is 8.43. The maximum atomic E-state index is 11.6. The zero-order chi connectivity index (χ0) is 18.5. The van der Waals surface area contributed by atoms with Crippen molar-refractivity contribution in [1.82, 2.24) is 4.98 Å². The normalized spacial score (nSPS) is 25.9. The Labute approximate surface area is 162 Å². The van der Waals surface area contributed by atoms with E-state index in [9.17, 15) is 9.90 Å². The summed E-state index contributed by atoms with van der Waals surface area (Å²) in [6.45, 7) is 2.59. The zero-order valence-corrected chi connectivity index (χ0v) is 16.3. The number of rotatable bonds is 5. The van der Waals surface area contributed by atoms with E-state index in [1.807, 2.05) is 13.0 Å². The van der Waals surface area contributed by atoms with Crippen LogP contribution in [-0.2, 0) is 15.1 Å². The van der Waals surface area contributed by atoms with Crippen molar-refractivity contribution in [1.29, 1.82) is 0 Å². The van der Waals surface area contributed by atoms with Gasteiger partial charge in [0.15, 0.2) is 0 Å². The molecule has 2 N–H and O–H groups in total. The summed E-state index contributed by atoms with van der Waals surface area (Å²) in [4.78, 5) is 15.1. The van der Waals surface area contributed by atoms with Gasteiger partial charge in [0.25, 0.3) is 0 Å². The van der Waals surface area contributed by atoms with Crippen LogP contribution in [0.5, 0.6) is 0 Å². The molecule has 2 unspecified atom stereocenters. The number of ether oxygens (including phenoxy) is 1. The van der Waals surface area contributed by atoms with Crippen LogP contribution in [0, 0.1) is 5.92 Å². The van der Waals surface area contributed by atoms with Gasteiger partial charge in [-0.2, -0.15) is 0 Å². The lowest BCUT2D eigenvalue weighted by Gasteiger charge is -2.44. The Hall–Kier alpha value is -1.23. The summed E-state index contributed by atoms with van der Waals surface area (Å²) in [5.74, 6) is -0.0585. The predicted octanol–water partition coefficient (Wildman–Crippen LogP) is 5.86. The summed E-state index contributed by atoms with van der Waals surface area (Å²) in [6.07, 6.45) is 5.01. The molecule has 1 fully saturated rings. The molecule has 0 bridgehead atoms. The molecule has 4 nitrogen and oxygen atoms in total. The Bertz CT molecular complexity index is 858. The van der Waals surface area contributed by atoms with Crippen molar-refractivity contribution in [3.63, 3.8) is 0 Å². The third-order valence-corrected chi connectivity index (χ3v) is 6.70. The average molecular weight is 396 g/mol. The molecule has 0 spiro atoms. The minimum absolute atomic E-state index is 0.0622. The lowest BCUT2D eigenvalue weighted by atomic mass is 9.69. The molecule has 2 atom stereocenters. The topological polar surface area (TPSA) is 62.3 Å². The summed E-state index contributed by atoms with van der Waals surface area (Å²) in [5, 5.41) is 11.8. The molecular formula is C20H23Cl2NO3. The van der Waals surface area contributed by atoms with Gasteiger partial charge < -0.3 is 14.8 Å². The Morgan fingerprint density at radius 2 is 2.08 bits per heavy atom. The SMILES string of the molecule is CCCC1(CC(=O)O)OCC(C2CCC2)c2c1[nH]c1c(Cl)ccc(Cl)c21. The fraction of sp³-hybridized carbons (Fsp3) is 0.550. The quantitative estimate of drug-likeness (QED) is 0.666. The summed E-state index contributed by atoms with van der Waals surface area (Å²) in [7, 11) is 0. The van der Waals surface area contributed by atoms with E-state index in [0.29, 0.717) is 29.0 Å². The number of hydrogen-bond acceptors (Lipinski definition) is 2. The predicted molar refractivity (Wildman–Crippen MR) is 103 cm³/mol. The number of aliphatic carboxylic acids is 1. The molecule has 2 aliphatic rings. The molecule has 1 aliphatic carbocycles. The minimum atomic E-state index is -0.859. The van der Waals surface area contributed by atoms with Gasteiger partial charge in [-0.1, -0.05) is 43.0 Å². The highest BCUT2D eigenvalue weighted by Crippen LogP contribution is 2.53. The van der Waals surface area contributed by atoms with E-state index < -0.39 is 11.6 Å². The zero-order valence-electron chi connectivity index (χ0n) is 14.8. The molecule has 140 valence electrons. The van der Waals surface area contributed by atoms with Crippen molar-refractivity contribution in [3.05, 3.63) is 33.4 Å². The molecule has 2 heterocycles. The Balaban J connectivity index is 1.98. The smallest absolute Gasteiger partial charge is 0.306 e. The monoisotopic (exact) mass is 395 g/mol. The second-order valence-electron chi connectivity index (χ2n) is 7.62. The number of halogens is 2. The Morgan fingerprint density at radius 1 is 1.35 bits per heavy atom. The van der Waals surface area contributed by atoms with Crippen LogP contribution in [0.3, 0.4) is 0 Å². The number of carboxylic acids is 1. The van der Waals surface area contributed by atoms with Crippen LogP contribution in [0.15, 0.2) is 12.1 Å². The van der Waals surface area contributed by atoms with Gasteiger partial charge in [-0.25, -0.2) is 0 Å². The van der Waals surface area contributed by atoms with Crippen molar-refractivity contribution >= 4 is 40.1 Å². The molecule has 0 saturated heterocycles. The lowest BCUT2D eigenvalue weighted by Crippen LogP contribution is -2.41. The van der Waals surface area contributed by atoms with Crippen LogP contribution < -0.4 is 0 Å². The van der Waals surface area contributed by atoms with E-state index in [1.54, 1.807) is 6.07 Å². The van der Waals surface area contributed by atoms with E-state index in [0.717, 1.165) is 28.6 Å². The van der Waals surface area contributed by atoms with Gasteiger partial charge in [-0.05, 0) is 42.9 Å². The van der Waals surface area contributed by atoms with E-state index in [-0.39, 0.29) is 12.3 Å². The van der Waals surface area contributed by atoms with Crippen LogP contribution in [-0.4, -0.2) is 22.7 Å². The first kappa shape index (κ1) is 18.1.